The first-order valence-corrected chi connectivity index (χ1v) is 9.75. The van der Waals surface area contributed by atoms with Crippen molar-refractivity contribution in [2.75, 3.05) is 0 Å². The number of aromatic amines is 1. The molecule has 3 aromatic heterocycles. The SMILES string of the molecule is CC(C[n+]1ccc(C(C)CCC(C)c2nccs2)[nH]1)c1cnccn1. The van der Waals surface area contributed by atoms with E-state index in [0.29, 0.717) is 17.8 Å². The lowest BCUT2D eigenvalue weighted by molar-refractivity contribution is -0.752. The summed E-state index contributed by atoms with van der Waals surface area (Å²) in [5, 5.41) is 6.83. The van der Waals surface area contributed by atoms with Crippen molar-refractivity contribution in [3.8, 4) is 0 Å². The monoisotopic (exact) mass is 356 g/mol. The molecule has 5 nitrogen and oxygen atoms in total. The Morgan fingerprint density at radius 1 is 1.04 bits per heavy atom. The van der Waals surface area contributed by atoms with Crippen LogP contribution in [0.5, 0.6) is 0 Å². The summed E-state index contributed by atoms with van der Waals surface area (Å²) in [6.45, 7) is 7.61. The van der Waals surface area contributed by atoms with Crippen LogP contribution >= 0.6 is 11.3 Å². The summed E-state index contributed by atoms with van der Waals surface area (Å²) in [6, 6.07) is 2.20. The third-order valence-electron chi connectivity index (χ3n) is 4.70. The van der Waals surface area contributed by atoms with Crippen molar-refractivity contribution < 1.29 is 4.68 Å². The Morgan fingerprint density at radius 3 is 2.60 bits per heavy atom. The van der Waals surface area contributed by atoms with Crippen LogP contribution in [0.15, 0.2) is 42.4 Å². The van der Waals surface area contributed by atoms with E-state index in [1.807, 2.05) is 12.4 Å². The zero-order valence-corrected chi connectivity index (χ0v) is 15.9. The van der Waals surface area contributed by atoms with Gasteiger partial charge in [0.15, 0.2) is 12.7 Å². The lowest BCUT2D eigenvalue weighted by atomic mass is 9.96. The molecule has 0 saturated carbocycles. The molecule has 1 N–H and O–H groups in total. The highest BCUT2D eigenvalue weighted by Crippen LogP contribution is 2.27. The normalized spacial score (nSPS) is 15.0. The number of thiazole rings is 1. The van der Waals surface area contributed by atoms with Crippen LogP contribution in [0.1, 0.15) is 67.8 Å². The first-order valence-electron chi connectivity index (χ1n) is 8.87. The number of aromatic nitrogens is 5. The number of nitrogens with zero attached hydrogens (tertiary/aromatic N) is 4. The van der Waals surface area contributed by atoms with Crippen molar-refractivity contribution >= 4 is 11.3 Å². The van der Waals surface area contributed by atoms with Crippen LogP contribution in [0.2, 0.25) is 0 Å². The van der Waals surface area contributed by atoms with Gasteiger partial charge in [0.1, 0.15) is 0 Å². The molecule has 3 unspecified atom stereocenters. The van der Waals surface area contributed by atoms with E-state index in [-0.39, 0.29) is 0 Å². The van der Waals surface area contributed by atoms with Crippen molar-refractivity contribution in [1.29, 1.82) is 0 Å². The van der Waals surface area contributed by atoms with E-state index in [4.69, 9.17) is 0 Å². The van der Waals surface area contributed by atoms with Gasteiger partial charge in [-0.15, -0.1) is 16.0 Å². The molecule has 0 bridgehead atoms. The van der Waals surface area contributed by atoms with Crippen molar-refractivity contribution in [3.05, 3.63) is 58.8 Å². The Bertz CT molecular complexity index is 753. The fourth-order valence-corrected chi connectivity index (χ4v) is 3.74. The summed E-state index contributed by atoms with van der Waals surface area (Å²) in [4.78, 5) is 13.0. The molecule has 0 fully saturated rings. The van der Waals surface area contributed by atoms with Crippen LogP contribution in [-0.2, 0) is 6.54 Å². The molecular weight excluding hydrogens is 330 g/mol. The first kappa shape index (κ1) is 17.7. The smallest absolute Gasteiger partial charge is 0.195 e. The number of nitrogens with one attached hydrogen (secondary N) is 1. The summed E-state index contributed by atoms with van der Waals surface area (Å²) in [7, 11) is 0. The van der Waals surface area contributed by atoms with Gasteiger partial charge in [0, 0.05) is 48.1 Å². The molecule has 3 heterocycles. The molecule has 3 rings (SSSR count). The van der Waals surface area contributed by atoms with Gasteiger partial charge in [0.2, 0.25) is 0 Å². The summed E-state index contributed by atoms with van der Waals surface area (Å²) < 4.78 is 2.15. The highest BCUT2D eigenvalue weighted by Gasteiger charge is 2.18. The lowest BCUT2D eigenvalue weighted by Gasteiger charge is -2.12. The van der Waals surface area contributed by atoms with Gasteiger partial charge in [-0.25, -0.2) is 4.98 Å². The molecule has 6 heteroatoms. The van der Waals surface area contributed by atoms with E-state index in [2.05, 4.69) is 63.1 Å². The maximum atomic E-state index is 4.43. The first-order chi connectivity index (χ1) is 12.1. The summed E-state index contributed by atoms with van der Waals surface area (Å²) in [6.07, 6.45) is 11.6. The van der Waals surface area contributed by atoms with Gasteiger partial charge in [-0.05, 0) is 12.8 Å². The molecule has 0 saturated heterocycles. The number of hydrogen-bond donors (Lipinski definition) is 1. The molecule has 0 aliphatic heterocycles. The van der Waals surface area contributed by atoms with E-state index >= 15 is 0 Å². The molecule has 0 aromatic carbocycles. The fourth-order valence-electron chi connectivity index (χ4n) is 3.00. The molecule has 3 aromatic rings. The molecule has 0 amide bonds. The topological polar surface area (TPSA) is 58.3 Å². The average molecular weight is 357 g/mol. The quantitative estimate of drug-likeness (QED) is 0.620. The van der Waals surface area contributed by atoms with Crippen LogP contribution < -0.4 is 4.68 Å². The Kier molecular flexibility index (Phi) is 5.91. The highest BCUT2D eigenvalue weighted by atomic mass is 32.1. The summed E-state index contributed by atoms with van der Waals surface area (Å²) in [5.41, 5.74) is 2.31. The van der Waals surface area contributed by atoms with E-state index < -0.39 is 0 Å². The molecular formula is C19H26N5S+. The second kappa shape index (κ2) is 8.34. The third-order valence-corrected chi connectivity index (χ3v) is 5.71. The van der Waals surface area contributed by atoms with E-state index in [1.54, 1.807) is 23.7 Å². The molecule has 0 aliphatic carbocycles. The fraction of sp³-hybridized carbons (Fsp3) is 0.474. The minimum atomic E-state index is 0.324. The Morgan fingerprint density at radius 2 is 1.88 bits per heavy atom. The Balaban J connectivity index is 1.53. The Labute approximate surface area is 153 Å². The largest absolute Gasteiger partial charge is 0.261 e. The van der Waals surface area contributed by atoms with E-state index in [1.165, 1.54) is 10.7 Å². The van der Waals surface area contributed by atoms with Crippen molar-refractivity contribution in [3.63, 3.8) is 0 Å². The molecule has 0 radical (unpaired) electrons. The van der Waals surface area contributed by atoms with Gasteiger partial charge in [-0.2, -0.15) is 5.10 Å². The zero-order valence-electron chi connectivity index (χ0n) is 15.1. The molecule has 0 aliphatic rings. The van der Waals surface area contributed by atoms with Crippen LogP contribution in [0.4, 0.5) is 0 Å². The number of rotatable bonds is 8. The summed E-state index contributed by atoms with van der Waals surface area (Å²) >= 11 is 1.75. The van der Waals surface area contributed by atoms with Crippen LogP contribution in [0.25, 0.3) is 0 Å². The van der Waals surface area contributed by atoms with Crippen LogP contribution in [0.3, 0.4) is 0 Å². The standard InChI is InChI=1S/C19H25N5S/c1-14(4-5-15(2)19-22-9-11-25-19)17-6-10-24(23-17)13-16(3)18-12-20-7-8-21-18/h6-12,14-16H,4-5,13H2,1-3H3/p+1. The maximum absolute atomic E-state index is 4.43. The van der Waals surface area contributed by atoms with Gasteiger partial charge in [0.05, 0.1) is 22.3 Å². The predicted octanol–water partition coefficient (Wildman–Crippen LogP) is 4.04. The molecule has 25 heavy (non-hydrogen) atoms. The van der Waals surface area contributed by atoms with Gasteiger partial charge in [0.25, 0.3) is 0 Å². The molecule has 132 valence electrons. The molecule has 3 atom stereocenters. The van der Waals surface area contributed by atoms with Crippen molar-refractivity contribution in [1.82, 2.24) is 20.1 Å². The Hall–Kier alpha value is -2.08. The van der Waals surface area contributed by atoms with E-state index in [9.17, 15) is 0 Å². The minimum Gasteiger partial charge on any atom is -0.261 e. The zero-order chi connectivity index (χ0) is 17.6. The number of H-pyrrole nitrogens is 1. The third kappa shape index (κ3) is 4.72. The van der Waals surface area contributed by atoms with Gasteiger partial charge in [-0.1, -0.05) is 20.8 Å². The second-order valence-electron chi connectivity index (χ2n) is 6.82. The van der Waals surface area contributed by atoms with Crippen molar-refractivity contribution in [2.24, 2.45) is 0 Å². The average Bonchev–Trinajstić information content (AvgIpc) is 3.32. The van der Waals surface area contributed by atoms with Gasteiger partial charge >= 0.3 is 0 Å². The van der Waals surface area contributed by atoms with Crippen molar-refractivity contribution in [2.45, 2.75) is 57.9 Å². The van der Waals surface area contributed by atoms with Gasteiger partial charge < -0.3 is 0 Å². The maximum Gasteiger partial charge on any atom is 0.195 e. The predicted molar refractivity (Wildman–Crippen MR) is 99.6 cm³/mol. The number of hydrogen-bond acceptors (Lipinski definition) is 4. The highest BCUT2D eigenvalue weighted by molar-refractivity contribution is 7.09. The molecule has 0 spiro atoms. The van der Waals surface area contributed by atoms with Crippen LogP contribution in [-0.4, -0.2) is 20.1 Å². The van der Waals surface area contributed by atoms with Gasteiger partial charge in [-0.3, -0.25) is 9.97 Å². The van der Waals surface area contributed by atoms with Crippen LogP contribution in [0, 0.1) is 0 Å². The van der Waals surface area contributed by atoms with E-state index in [0.717, 1.165) is 25.1 Å². The summed E-state index contributed by atoms with van der Waals surface area (Å²) in [5.74, 6) is 1.36. The second-order valence-corrected chi connectivity index (χ2v) is 7.74. The lowest BCUT2D eigenvalue weighted by Crippen LogP contribution is -2.37. The minimum absolute atomic E-state index is 0.324.